The Balaban J connectivity index is 1.79. The lowest BCUT2D eigenvalue weighted by Gasteiger charge is -2.05. The minimum absolute atomic E-state index is 0.0694. The maximum Gasteiger partial charge on any atom is 0.276 e. The van der Waals surface area contributed by atoms with E-state index in [1.54, 1.807) is 28.6 Å². The molecular weight excluding hydrogens is 314 g/mol. The Morgan fingerprint density at radius 2 is 1.76 bits per heavy atom. The van der Waals surface area contributed by atoms with Crippen molar-refractivity contribution in [2.24, 2.45) is 0 Å². The number of rotatable bonds is 4. The van der Waals surface area contributed by atoms with Gasteiger partial charge in [-0.15, -0.1) is 0 Å². The van der Waals surface area contributed by atoms with E-state index in [0.29, 0.717) is 17.8 Å². The average Bonchev–Trinajstić information content (AvgIpc) is 3.10. The molecule has 0 saturated heterocycles. The summed E-state index contributed by atoms with van der Waals surface area (Å²) in [6, 6.07) is 19.4. The molecule has 0 fully saturated rings. The van der Waals surface area contributed by atoms with Crippen LogP contribution in [0.25, 0.3) is 16.8 Å². The molecule has 5 nitrogen and oxygen atoms in total. The Hall–Kier alpha value is -3.34. The minimum atomic E-state index is -0.0694. The lowest BCUT2D eigenvalue weighted by Crippen LogP contribution is -2.21. The molecule has 124 valence electrons. The van der Waals surface area contributed by atoms with Crippen molar-refractivity contribution < 1.29 is 4.74 Å². The zero-order valence-electron chi connectivity index (χ0n) is 13.8. The molecule has 0 unspecified atom stereocenters. The third-order valence-electron chi connectivity index (χ3n) is 4.18. The molecular formula is C20H17N3O2. The van der Waals surface area contributed by atoms with Gasteiger partial charge in [0, 0.05) is 18.0 Å². The monoisotopic (exact) mass is 331 g/mol. The van der Waals surface area contributed by atoms with Gasteiger partial charge in [0.15, 0.2) is 0 Å². The van der Waals surface area contributed by atoms with Gasteiger partial charge >= 0.3 is 0 Å². The maximum absolute atomic E-state index is 12.8. The number of aromatic nitrogens is 3. The Kier molecular flexibility index (Phi) is 3.82. The van der Waals surface area contributed by atoms with E-state index in [2.05, 4.69) is 5.10 Å². The summed E-state index contributed by atoms with van der Waals surface area (Å²) in [4.78, 5) is 12.8. The molecule has 0 aliphatic heterocycles. The average molecular weight is 331 g/mol. The van der Waals surface area contributed by atoms with Crippen molar-refractivity contribution in [3.05, 3.63) is 89.0 Å². The van der Waals surface area contributed by atoms with Crippen LogP contribution in [0.1, 0.15) is 5.56 Å². The van der Waals surface area contributed by atoms with Gasteiger partial charge in [-0.1, -0.05) is 42.5 Å². The first kappa shape index (κ1) is 15.2. The molecule has 25 heavy (non-hydrogen) atoms. The topological polar surface area (TPSA) is 48.5 Å². The van der Waals surface area contributed by atoms with Gasteiger partial charge in [0.25, 0.3) is 5.56 Å². The number of ether oxygens (including phenoxy) is 1. The maximum atomic E-state index is 12.8. The molecule has 0 amide bonds. The van der Waals surface area contributed by atoms with Gasteiger partial charge in [0.1, 0.15) is 11.3 Å². The van der Waals surface area contributed by atoms with Gasteiger partial charge in [0.05, 0.1) is 19.3 Å². The molecule has 0 N–H and O–H groups in total. The third kappa shape index (κ3) is 2.80. The number of methoxy groups -OCH3 is 1. The fourth-order valence-corrected chi connectivity index (χ4v) is 2.92. The van der Waals surface area contributed by atoms with Crippen LogP contribution in [0.2, 0.25) is 0 Å². The summed E-state index contributed by atoms with van der Waals surface area (Å²) in [6.45, 7) is 0.533. The van der Waals surface area contributed by atoms with Crippen molar-refractivity contribution in [1.82, 2.24) is 14.2 Å². The first-order valence-corrected chi connectivity index (χ1v) is 8.02. The molecule has 4 rings (SSSR count). The highest BCUT2D eigenvalue weighted by molar-refractivity contribution is 5.71. The molecule has 0 bridgehead atoms. The van der Waals surface area contributed by atoms with Crippen LogP contribution >= 0.6 is 0 Å². The Bertz CT molecular complexity index is 1080. The zero-order valence-corrected chi connectivity index (χ0v) is 13.8. The van der Waals surface area contributed by atoms with E-state index in [-0.39, 0.29) is 5.56 Å². The van der Waals surface area contributed by atoms with E-state index in [1.165, 1.54) is 0 Å². The van der Waals surface area contributed by atoms with E-state index < -0.39 is 0 Å². The van der Waals surface area contributed by atoms with Gasteiger partial charge in [-0.2, -0.15) is 5.10 Å². The second-order valence-corrected chi connectivity index (χ2v) is 5.78. The van der Waals surface area contributed by atoms with Crippen LogP contribution in [0, 0.1) is 0 Å². The number of nitrogens with zero attached hydrogens (tertiary/aromatic N) is 3. The van der Waals surface area contributed by atoms with Crippen LogP contribution in [-0.4, -0.2) is 21.3 Å². The molecule has 0 radical (unpaired) electrons. The Morgan fingerprint density at radius 3 is 2.56 bits per heavy atom. The molecule has 2 heterocycles. The van der Waals surface area contributed by atoms with Crippen molar-refractivity contribution in [1.29, 1.82) is 0 Å². The summed E-state index contributed by atoms with van der Waals surface area (Å²) in [7, 11) is 1.63. The zero-order chi connectivity index (χ0) is 17.2. The highest BCUT2D eigenvalue weighted by Crippen LogP contribution is 2.28. The number of hydrogen-bond donors (Lipinski definition) is 0. The summed E-state index contributed by atoms with van der Waals surface area (Å²) in [5.74, 6) is 0.732. The minimum Gasteiger partial charge on any atom is -0.496 e. The molecule has 0 aliphatic rings. The third-order valence-corrected chi connectivity index (χ3v) is 4.18. The summed E-state index contributed by atoms with van der Waals surface area (Å²) in [6.07, 6.45) is 3.57. The number of hydrogen-bond acceptors (Lipinski definition) is 3. The normalized spacial score (nSPS) is 10.9. The van der Waals surface area contributed by atoms with Crippen LogP contribution in [-0.2, 0) is 6.54 Å². The first-order valence-electron chi connectivity index (χ1n) is 8.02. The number of benzene rings is 2. The number of para-hydroxylation sites is 1. The van der Waals surface area contributed by atoms with Crippen LogP contribution < -0.4 is 10.3 Å². The highest BCUT2D eigenvalue weighted by atomic mass is 16.5. The van der Waals surface area contributed by atoms with Gasteiger partial charge in [-0.25, -0.2) is 4.52 Å². The van der Waals surface area contributed by atoms with Crippen molar-refractivity contribution in [3.8, 4) is 17.0 Å². The molecule has 0 spiro atoms. The lowest BCUT2D eigenvalue weighted by molar-refractivity contribution is 0.416. The van der Waals surface area contributed by atoms with E-state index in [1.807, 2.05) is 60.7 Å². The molecule has 2 aromatic heterocycles. The second kappa shape index (κ2) is 6.28. The molecule has 0 aliphatic carbocycles. The molecule has 0 atom stereocenters. The van der Waals surface area contributed by atoms with Crippen LogP contribution in [0.5, 0.6) is 5.75 Å². The second-order valence-electron chi connectivity index (χ2n) is 5.78. The highest BCUT2D eigenvalue weighted by Gasteiger charge is 2.12. The van der Waals surface area contributed by atoms with Gasteiger partial charge in [-0.05, 0) is 23.8 Å². The van der Waals surface area contributed by atoms with Crippen molar-refractivity contribution in [2.45, 2.75) is 6.54 Å². The lowest BCUT2D eigenvalue weighted by atomic mass is 10.1. The van der Waals surface area contributed by atoms with Crippen molar-refractivity contribution in [2.75, 3.05) is 7.11 Å². The first-order chi connectivity index (χ1) is 12.3. The summed E-state index contributed by atoms with van der Waals surface area (Å²) in [5.41, 5.74) is 3.13. The fraction of sp³-hybridized carbons (Fsp3) is 0.100. The van der Waals surface area contributed by atoms with Crippen LogP contribution in [0.15, 0.2) is 77.9 Å². The smallest absolute Gasteiger partial charge is 0.276 e. The Labute approximate surface area is 144 Å². The molecule has 0 saturated carbocycles. The molecule has 5 heteroatoms. The fourth-order valence-electron chi connectivity index (χ4n) is 2.92. The SMILES string of the molecule is COc1ccccc1-c1cc2c(=O)n(Cc3ccccc3)ccn2n1. The van der Waals surface area contributed by atoms with Crippen molar-refractivity contribution >= 4 is 5.52 Å². The van der Waals surface area contributed by atoms with E-state index in [0.717, 1.165) is 16.9 Å². The predicted molar refractivity (Wildman–Crippen MR) is 97.0 cm³/mol. The molecule has 2 aromatic carbocycles. The standard InChI is InChI=1S/C20H17N3O2/c1-25-19-10-6-5-9-16(19)17-13-18-20(24)22(11-12-23(18)21-17)14-15-7-3-2-4-8-15/h2-13H,14H2,1H3. The summed E-state index contributed by atoms with van der Waals surface area (Å²) in [5, 5.41) is 4.52. The van der Waals surface area contributed by atoms with Crippen LogP contribution in [0.4, 0.5) is 0 Å². The number of fused-ring (bicyclic) bond motifs is 1. The van der Waals surface area contributed by atoms with Gasteiger partial charge in [0.2, 0.25) is 0 Å². The largest absolute Gasteiger partial charge is 0.496 e. The van der Waals surface area contributed by atoms with Crippen LogP contribution in [0.3, 0.4) is 0 Å². The molecule has 4 aromatic rings. The van der Waals surface area contributed by atoms with Gasteiger partial charge in [-0.3, -0.25) is 4.79 Å². The van der Waals surface area contributed by atoms with E-state index in [4.69, 9.17) is 4.74 Å². The van der Waals surface area contributed by atoms with Crippen molar-refractivity contribution in [3.63, 3.8) is 0 Å². The summed E-state index contributed by atoms with van der Waals surface area (Å²) >= 11 is 0. The summed E-state index contributed by atoms with van der Waals surface area (Å²) < 4.78 is 8.71. The predicted octanol–water partition coefficient (Wildman–Crippen LogP) is 3.22. The van der Waals surface area contributed by atoms with E-state index >= 15 is 0 Å². The Morgan fingerprint density at radius 1 is 1.00 bits per heavy atom. The quantitative estimate of drug-likeness (QED) is 0.577. The van der Waals surface area contributed by atoms with Gasteiger partial charge < -0.3 is 9.30 Å². The van der Waals surface area contributed by atoms with E-state index in [9.17, 15) is 4.79 Å².